The van der Waals surface area contributed by atoms with Gasteiger partial charge in [-0.1, -0.05) is 112 Å². The molecular weight excluding hydrogens is 328 g/mol. The molecular formula is C26H46O. The molecule has 0 atom stereocenters. The molecule has 1 rings (SSSR count). The van der Waals surface area contributed by atoms with Gasteiger partial charge in [-0.2, -0.15) is 0 Å². The molecule has 0 aromatic heterocycles. The molecule has 156 valence electrons. The van der Waals surface area contributed by atoms with Gasteiger partial charge in [-0.3, -0.25) is 0 Å². The molecule has 0 amide bonds. The Morgan fingerprint density at radius 2 is 1.11 bits per heavy atom. The van der Waals surface area contributed by atoms with Gasteiger partial charge in [0, 0.05) is 0 Å². The van der Waals surface area contributed by atoms with Crippen LogP contribution >= 0.6 is 0 Å². The fourth-order valence-electron chi connectivity index (χ4n) is 3.75. The van der Waals surface area contributed by atoms with Crippen molar-refractivity contribution in [2.24, 2.45) is 5.92 Å². The lowest BCUT2D eigenvalue weighted by molar-refractivity contribution is 0.422. The summed E-state index contributed by atoms with van der Waals surface area (Å²) in [7, 11) is 0. The van der Waals surface area contributed by atoms with Crippen LogP contribution in [0.1, 0.15) is 123 Å². The minimum Gasteiger partial charge on any atom is -0.507 e. The number of hydrogen-bond donors (Lipinski definition) is 1. The van der Waals surface area contributed by atoms with E-state index in [0.29, 0.717) is 5.75 Å². The molecule has 1 aromatic carbocycles. The predicted molar refractivity (Wildman–Crippen MR) is 121 cm³/mol. The fourth-order valence-corrected chi connectivity index (χ4v) is 3.75. The van der Waals surface area contributed by atoms with Crippen LogP contribution in [0.15, 0.2) is 12.1 Å². The summed E-state index contributed by atoms with van der Waals surface area (Å²) in [6, 6.07) is 4.49. The van der Waals surface area contributed by atoms with Gasteiger partial charge in [0.25, 0.3) is 0 Å². The van der Waals surface area contributed by atoms with Crippen molar-refractivity contribution in [3.63, 3.8) is 0 Å². The molecule has 27 heavy (non-hydrogen) atoms. The van der Waals surface area contributed by atoms with Crippen molar-refractivity contribution in [2.45, 2.75) is 124 Å². The number of aryl methyl sites for hydroxylation is 1. The van der Waals surface area contributed by atoms with E-state index >= 15 is 0 Å². The van der Waals surface area contributed by atoms with Gasteiger partial charge in [0.05, 0.1) is 0 Å². The quantitative estimate of drug-likeness (QED) is 0.408. The van der Waals surface area contributed by atoms with Gasteiger partial charge in [-0.25, -0.2) is 0 Å². The summed E-state index contributed by atoms with van der Waals surface area (Å²) in [6.07, 6.45) is 12.0. The molecule has 0 aliphatic heterocycles. The number of phenolic OH excluding ortho intramolecular Hbond substituents is 1. The highest BCUT2D eigenvalue weighted by atomic mass is 16.3. The van der Waals surface area contributed by atoms with Crippen LogP contribution in [0.2, 0.25) is 0 Å². The second-order valence-corrected chi connectivity index (χ2v) is 10.9. The maximum atomic E-state index is 10.8. The largest absolute Gasteiger partial charge is 0.507 e. The highest BCUT2D eigenvalue weighted by Crippen LogP contribution is 2.40. The molecule has 0 spiro atoms. The summed E-state index contributed by atoms with van der Waals surface area (Å²) in [5, 5.41) is 10.8. The summed E-state index contributed by atoms with van der Waals surface area (Å²) in [5.74, 6) is 1.35. The highest BCUT2D eigenvalue weighted by Gasteiger charge is 2.26. The topological polar surface area (TPSA) is 20.2 Å². The van der Waals surface area contributed by atoms with Gasteiger partial charge < -0.3 is 5.11 Å². The Bertz CT molecular complexity index is 520. The third kappa shape index (κ3) is 8.71. The molecule has 0 saturated carbocycles. The number of unbranched alkanes of at least 4 members (excludes halogenated alkanes) is 6. The zero-order valence-electron chi connectivity index (χ0n) is 19.5. The van der Waals surface area contributed by atoms with Crippen LogP contribution in [0.4, 0.5) is 0 Å². The minimum atomic E-state index is -0.0317. The van der Waals surface area contributed by atoms with Gasteiger partial charge in [-0.05, 0) is 46.3 Å². The molecule has 1 nitrogen and oxygen atoms in total. The molecule has 0 fully saturated rings. The third-order valence-electron chi connectivity index (χ3n) is 5.53. The molecule has 0 unspecified atom stereocenters. The average molecular weight is 375 g/mol. The lowest BCUT2D eigenvalue weighted by Gasteiger charge is -2.28. The molecule has 0 radical (unpaired) electrons. The summed E-state index contributed by atoms with van der Waals surface area (Å²) in [5.41, 5.74) is 3.51. The second-order valence-electron chi connectivity index (χ2n) is 10.9. The first kappa shape index (κ1) is 24.1. The van der Waals surface area contributed by atoms with E-state index < -0.39 is 0 Å². The van der Waals surface area contributed by atoms with E-state index in [2.05, 4.69) is 67.5 Å². The molecule has 1 heteroatoms. The number of phenols is 1. The van der Waals surface area contributed by atoms with Crippen molar-refractivity contribution in [3.05, 3.63) is 28.8 Å². The smallest absolute Gasteiger partial charge is 0.123 e. The van der Waals surface area contributed by atoms with Crippen LogP contribution in [0, 0.1) is 5.92 Å². The van der Waals surface area contributed by atoms with E-state index in [9.17, 15) is 5.11 Å². The minimum absolute atomic E-state index is 0.0317. The Hall–Kier alpha value is -0.980. The first-order valence-corrected chi connectivity index (χ1v) is 11.3. The van der Waals surface area contributed by atoms with E-state index in [0.717, 1.165) is 23.5 Å². The summed E-state index contributed by atoms with van der Waals surface area (Å²) < 4.78 is 0. The molecule has 0 saturated heterocycles. The number of aromatic hydroxyl groups is 1. The van der Waals surface area contributed by atoms with Crippen molar-refractivity contribution < 1.29 is 5.11 Å². The van der Waals surface area contributed by atoms with Crippen LogP contribution < -0.4 is 0 Å². The third-order valence-corrected chi connectivity index (χ3v) is 5.53. The molecule has 0 aliphatic carbocycles. The Morgan fingerprint density at radius 3 is 1.52 bits per heavy atom. The zero-order chi connectivity index (χ0) is 20.7. The van der Waals surface area contributed by atoms with Crippen LogP contribution in [0.25, 0.3) is 0 Å². The van der Waals surface area contributed by atoms with Crippen LogP contribution in [-0.4, -0.2) is 5.11 Å². The predicted octanol–water partition coefficient (Wildman–Crippen LogP) is 8.31. The van der Waals surface area contributed by atoms with Crippen LogP contribution in [0.3, 0.4) is 0 Å². The molecule has 0 heterocycles. The first-order valence-electron chi connectivity index (χ1n) is 11.3. The van der Waals surface area contributed by atoms with Crippen molar-refractivity contribution in [1.82, 2.24) is 0 Å². The number of rotatable bonds is 10. The zero-order valence-corrected chi connectivity index (χ0v) is 19.5. The Morgan fingerprint density at radius 1 is 0.704 bits per heavy atom. The second kappa shape index (κ2) is 10.5. The van der Waals surface area contributed by atoms with Crippen molar-refractivity contribution in [3.8, 4) is 5.75 Å². The van der Waals surface area contributed by atoms with Gasteiger partial charge in [-0.15, -0.1) is 0 Å². The Kier molecular flexibility index (Phi) is 9.39. The SMILES string of the molecule is CC(C)CCCCCCCCCc1cc(C(C)(C)C)c(O)c(C(C)(C)C)c1. The summed E-state index contributed by atoms with van der Waals surface area (Å²) >= 11 is 0. The molecule has 0 bridgehead atoms. The van der Waals surface area contributed by atoms with Crippen molar-refractivity contribution >= 4 is 0 Å². The van der Waals surface area contributed by atoms with E-state index in [1.807, 2.05) is 0 Å². The molecule has 0 aliphatic rings. The maximum absolute atomic E-state index is 10.8. The van der Waals surface area contributed by atoms with E-state index in [1.54, 1.807) is 0 Å². The molecule has 1 N–H and O–H groups in total. The van der Waals surface area contributed by atoms with Crippen LogP contribution in [-0.2, 0) is 17.3 Å². The Balaban J connectivity index is 2.56. The van der Waals surface area contributed by atoms with Crippen LogP contribution in [0.5, 0.6) is 5.75 Å². The highest BCUT2D eigenvalue weighted by molar-refractivity contribution is 5.49. The van der Waals surface area contributed by atoms with Gasteiger partial charge in [0.15, 0.2) is 0 Å². The summed E-state index contributed by atoms with van der Waals surface area (Å²) in [4.78, 5) is 0. The monoisotopic (exact) mass is 374 g/mol. The van der Waals surface area contributed by atoms with Gasteiger partial charge in [0.1, 0.15) is 5.75 Å². The average Bonchev–Trinajstić information content (AvgIpc) is 2.52. The normalized spacial score (nSPS) is 12.8. The molecule has 1 aromatic rings. The Labute approximate surface area is 170 Å². The standard InChI is InChI=1S/C26H46O/c1-20(2)16-14-12-10-9-11-13-15-17-21-18-22(25(3,4)5)24(27)23(19-21)26(6,7)8/h18-20,27H,9-17H2,1-8H3. The number of benzene rings is 1. The van der Waals surface area contributed by atoms with E-state index in [-0.39, 0.29) is 10.8 Å². The number of hydrogen-bond acceptors (Lipinski definition) is 1. The van der Waals surface area contributed by atoms with E-state index in [1.165, 1.54) is 56.9 Å². The maximum Gasteiger partial charge on any atom is 0.123 e. The van der Waals surface area contributed by atoms with Crippen molar-refractivity contribution in [1.29, 1.82) is 0 Å². The first-order chi connectivity index (χ1) is 12.4. The summed E-state index contributed by atoms with van der Waals surface area (Å²) in [6.45, 7) is 17.8. The van der Waals surface area contributed by atoms with Crippen molar-refractivity contribution in [2.75, 3.05) is 0 Å². The van der Waals surface area contributed by atoms with E-state index in [4.69, 9.17) is 0 Å². The lowest BCUT2D eigenvalue weighted by Crippen LogP contribution is -2.18. The lowest BCUT2D eigenvalue weighted by atomic mass is 9.78. The van der Waals surface area contributed by atoms with Gasteiger partial charge in [0.2, 0.25) is 0 Å². The fraction of sp³-hybridized carbons (Fsp3) is 0.769. The van der Waals surface area contributed by atoms with Gasteiger partial charge >= 0.3 is 0 Å².